The monoisotopic (exact) mass is 393 g/mol. The second-order valence-electron chi connectivity index (χ2n) is 6.79. The van der Waals surface area contributed by atoms with Gasteiger partial charge in [0.05, 0.1) is 0 Å². The van der Waals surface area contributed by atoms with Crippen LogP contribution < -0.4 is 15.4 Å². The quantitative estimate of drug-likeness (QED) is 0.722. The van der Waals surface area contributed by atoms with Gasteiger partial charge in [0.1, 0.15) is 5.75 Å². The highest BCUT2D eigenvalue weighted by Crippen LogP contribution is 2.18. The summed E-state index contributed by atoms with van der Waals surface area (Å²) in [5, 5.41) is 6.31. The molecule has 2 heterocycles. The van der Waals surface area contributed by atoms with Gasteiger partial charge < -0.3 is 20.3 Å². The number of hydrogen-bond acceptors (Lipinski definition) is 4. The maximum Gasteiger partial charge on any atom is 0.260 e. The van der Waals surface area contributed by atoms with Crippen molar-refractivity contribution in [3.05, 3.63) is 42.0 Å². The molecular formula is C20H28ClN3O3. The topological polar surface area (TPSA) is 70.7 Å². The van der Waals surface area contributed by atoms with Crippen LogP contribution >= 0.6 is 12.4 Å². The van der Waals surface area contributed by atoms with E-state index in [4.69, 9.17) is 4.74 Å². The van der Waals surface area contributed by atoms with Gasteiger partial charge in [0.25, 0.3) is 5.91 Å². The normalized spacial score (nSPS) is 17.5. The number of ether oxygens (including phenoxy) is 1. The largest absolute Gasteiger partial charge is 0.484 e. The first-order valence-electron chi connectivity index (χ1n) is 9.34. The highest BCUT2D eigenvalue weighted by Gasteiger charge is 2.27. The maximum absolute atomic E-state index is 12.3. The lowest BCUT2D eigenvalue weighted by atomic mass is 9.95. The predicted molar refractivity (Wildman–Crippen MR) is 107 cm³/mol. The number of hydrogen-bond donors (Lipinski definition) is 2. The van der Waals surface area contributed by atoms with Crippen molar-refractivity contribution >= 4 is 24.2 Å². The first-order chi connectivity index (χ1) is 12.7. The lowest BCUT2D eigenvalue weighted by Crippen LogP contribution is -2.44. The predicted octanol–water partition coefficient (Wildman–Crippen LogP) is 1.76. The van der Waals surface area contributed by atoms with Gasteiger partial charge in [-0.15, -0.1) is 12.4 Å². The van der Waals surface area contributed by atoms with Crippen LogP contribution in [0.25, 0.3) is 0 Å². The minimum absolute atomic E-state index is 0. The van der Waals surface area contributed by atoms with Crippen molar-refractivity contribution in [1.82, 2.24) is 15.5 Å². The van der Waals surface area contributed by atoms with Crippen LogP contribution in [0, 0.1) is 5.92 Å². The molecule has 7 heteroatoms. The standard InChI is InChI=1S/C20H27N3O3.ClH/c24-19(15-26-18-4-2-1-3-5-18)23-12-8-17(9-13-23)20(25)22-14-16-6-10-21-11-7-16;/h1-6,17,21H,7-15H2,(H,22,25);1H. The molecule has 2 N–H and O–H groups in total. The summed E-state index contributed by atoms with van der Waals surface area (Å²) in [4.78, 5) is 26.4. The summed E-state index contributed by atoms with van der Waals surface area (Å²) < 4.78 is 5.52. The molecule has 3 rings (SSSR count). The summed E-state index contributed by atoms with van der Waals surface area (Å²) in [7, 11) is 0. The summed E-state index contributed by atoms with van der Waals surface area (Å²) >= 11 is 0. The molecule has 0 spiro atoms. The number of nitrogens with one attached hydrogen (secondary N) is 2. The van der Waals surface area contributed by atoms with E-state index in [1.54, 1.807) is 4.90 Å². The Labute approximate surface area is 166 Å². The van der Waals surface area contributed by atoms with E-state index in [0.717, 1.165) is 19.5 Å². The van der Waals surface area contributed by atoms with Crippen molar-refractivity contribution in [2.45, 2.75) is 19.3 Å². The Kier molecular flexibility index (Phi) is 8.61. The third-order valence-corrected chi connectivity index (χ3v) is 4.97. The van der Waals surface area contributed by atoms with Crippen molar-refractivity contribution in [1.29, 1.82) is 0 Å². The Morgan fingerprint density at radius 2 is 1.93 bits per heavy atom. The van der Waals surface area contributed by atoms with Crippen LogP contribution in [0.1, 0.15) is 19.3 Å². The van der Waals surface area contributed by atoms with Gasteiger partial charge >= 0.3 is 0 Å². The number of carbonyl (C=O) groups excluding carboxylic acids is 2. The van der Waals surface area contributed by atoms with Gasteiger partial charge in [-0.25, -0.2) is 0 Å². The lowest BCUT2D eigenvalue weighted by Gasteiger charge is -2.31. The van der Waals surface area contributed by atoms with Crippen LogP contribution in [0.5, 0.6) is 5.75 Å². The Balaban J connectivity index is 0.00000261. The smallest absolute Gasteiger partial charge is 0.260 e. The fourth-order valence-electron chi connectivity index (χ4n) is 3.32. The van der Waals surface area contributed by atoms with E-state index in [0.29, 0.717) is 38.2 Å². The van der Waals surface area contributed by atoms with Gasteiger partial charge in [0, 0.05) is 32.1 Å². The van der Waals surface area contributed by atoms with Gasteiger partial charge in [0.15, 0.2) is 6.61 Å². The van der Waals surface area contributed by atoms with E-state index in [2.05, 4.69) is 16.7 Å². The lowest BCUT2D eigenvalue weighted by molar-refractivity contribution is -0.137. The van der Waals surface area contributed by atoms with Crippen LogP contribution in [-0.2, 0) is 9.59 Å². The number of carbonyl (C=O) groups is 2. The molecule has 6 nitrogen and oxygen atoms in total. The van der Waals surface area contributed by atoms with Gasteiger partial charge in [0.2, 0.25) is 5.91 Å². The molecule has 2 aliphatic heterocycles. The highest BCUT2D eigenvalue weighted by molar-refractivity contribution is 5.85. The Morgan fingerprint density at radius 1 is 1.19 bits per heavy atom. The molecule has 2 aliphatic rings. The first-order valence-corrected chi connectivity index (χ1v) is 9.34. The third kappa shape index (κ3) is 6.56. The molecule has 1 saturated heterocycles. The van der Waals surface area contributed by atoms with E-state index in [-0.39, 0.29) is 36.7 Å². The van der Waals surface area contributed by atoms with Crippen LogP contribution in [0.3, 0.4) is 0 Å². The van der Waals surface area contributed by atoms with Crippen molar-refractivity contribution < 1.29 is 14.3 Å². The molecule has 0 aromatic heterocycles. The minimum Gasteiger partial charge on any atom is -0.484 e. The summed E-state index contributed by atoms with van der Waals surface area (Å²) in [5.41, 5.74) is 1.29. The van der Waals surface area contributed by atoms with Gasteiger partial charge in [-0.2, -0.15) is 0 Å². The van der Waals surface area contributed by atoms with E-state index in [9.17, 15) is 9.59 Å². The second-order valence-corrected chi connectivity index (χ2v) is 6.79. The number of nitrogens with zero attached hydrogens (tertiary/aromatic N) is 1. The molecule has 148 valence electrons. The summed E-state index contributed by atoms with van der Waals surface area (Å²) in [6, 6.07) is 9.34. The molecule has 1 aromatic carbocycles. The Hall–Kier alpha value is -2.05. The highest BCUT2D eigenvalue weighted by atomic mass is 35.5. The van der Waals surface area contributed by atoms with E-state index in [1.165, 1.54) is 5.57 Å². The average Bonchev–Trinajstić information content (AvgIpc) is 2.72. The van der Waals surface area contributed by atoms with Crippen molar-refractivity contribution in [2.24, 2.45) is 5.92 Å². The number of piperidine rings is 1. The van der Waals surface area contributed by atoms with E-state index < -0.39 is 0 Å². The zero-order valence-electron chi connectivity index (χ0n) is 15.5. The van der Waals surface area contributed by atoms with Crippen molar-refractivity contribution in [2.75, 3.05) is 39.3 Å². The molecule has 2 amide bonds. The number of amides is 2. The molecule has 0 unspecified atom stereocenters. The number of halogens is 1. The molecule has 0 bridgehead atoms. The van der Waals surface area contributed by atoms with E-state index >= 15 is 0 Å². The average molecular weight is 394 g/mol. The molecule has 27 heavy (non-hydrogen) atoms. The molecular weight excluding hydrogens is 366 g/mol. The summed E-state index contributed by atoms with van der Waals surface area (Å²) in [6.07, 6.45) is 4.57. The van der Waals surface area contributed by atoms with Crippen LogP contribution in [0.15, 0.2) is 42.0 Å². The minimum atomic E-state index is -0.0208. The zero-order valence-corrected chi connectivity index (χ0v) is 16.3. The molecule has 1 aromatic rings. The summed E-state index contributed by atoms with van der Waals surface area (Å²) in [5.74, 6) is 0.781. The first kappa shape index (κ1) is 21.3. The van der Waals surface area contributed by atoms with Gasteiger partial charge in [-0.05, 0) is 37.9 Å². The number of benzene rings is 1. The molecule has 0 atom stereocenters. The maximum atomic E-state index is 12.3. The van der Waals surface area contributed by atoms with Crippen LogP contribution in [0.4, 0.5) is 0 Å². The fourth-order valence-corrected chi connectivity index (χ4v) is 3.32. The van der Waals surface area contributed by atoms with Crippen LogP contribution in [0.2, 0.25) is 0 Å². The molecule has 0 aliphatic carbocycles. The Morgan fingerprint density at radius 3 is 2.59 bits per heavy atom. The van der Waals surface area contributed by atoms with Gasteiger partial charge in [-0.1, -0.05) is 29.8 Å². The third-order valence-electron chi connectivity index (χ3n) is 4.97. The molecule has 0 saturated carbocycles. The van der Waals surface area contributed by atoms with Gasteiger partial charge in [-0.3, -0.25) is 9.59 Å². The molecule has 1 fully saturated rings. The van der Waals surface area contributed by atoms with Crippen molar-refractivity contribution in [3.8, 4) is 5.75 Å². The zero-order chi connectivity index (χ0) is 18.2. The summed E-state index contributed by atoms with van der Waals surface area (Å²) in [6.45, 7) is 3.78. The number of rotatable bonds is 6. The van der Waals surface area contributed by atoms with Crippen molar-refractivity contribution in [3.63, 3.8) is 0 Å². The SMILES string of the molecule is Cl.O=C(NCC1=CCNCC1)C1CCN(C(=O)COc2ccccc2)CC1. The Bertz CT molecular complexity index is 643. The van der Waals surface area contributed by atoms with E-state index in [1.807, 2.05) is 30.3 Å². The fraction of sp³-hybridized carbons (Fsp3) is 0.500. The van der Waals surface area contributed by atoms with Crippen LogP contribution in [-0.4, -0.2) is 56.0 Å². The number of likely N-dealkylation sites (tertiary alicyclic amines) is 1. The number of para-hydroxylation sites is 1. The molecule has 0 radical (unpaired) electrons. The second kappa shape index (κ2) is 10.9.